The minimum atomic E-state index is -1.35. The zero-order chi connectivity index (χ0) is 25.4. The summed E-state index contributed by atoms with van der Waals surface area (Å²) in [6.45, 7) is 5.22. The molecule has 3 heterocycles. The van der Waals surface area contributed by atoms with Gasteiger partial charge in [0.15, 0.2) is 0 Å². The number of rotatable bonds is 7. The number of ether oxygens (including phenoxy) is 2. The van der Waals surface area contributed by atoms with E-state index in [1.165, 1.54) is 46.9 Å². The van der Waals surface area contributed by atoms with Gasteiger partial charge in [0.2, 0.25) is 10.8 Å². The fraction of sp³-hybridized carbons (Fsp3) is 0.476. The first-order valence-electron chi connectivity index (χ1n) is 10.7. The highest BCUT2D eigenvalue weighted by Crippen LogP contribution is 2.50. The van der Waals surface area contributed by atoms with Gasteiger partial charge >= 0.3 is 12.1 Å². The third-order valence-corrected chi connectivity index (χ3v) is 6.86. The number of thioether (sulfide) groups is 1. The largest absolute Gasteiger partial charge is 0.458 e. The molecule has 186 valence electrons. The van der Waals surface area contributed by atoms with Crippen molar-refractivity contribution in [3.63, 3.8) is 0 Å². The number of esters is 1. The Bertz CT molecular complexity index is 1160. The number of amides is 2. The Kier molecular flexibility index (Phi) is 6.40. The van der Waals surface area contributed by atoms with E-state index in [4.69, 9.17) is 9.47 Å². The van der Waals surface area contributed by atoms with E-state index in [1.54, 1.807) is 25.7 Å². The molecule has 1 aromatic heterocycles. The Hall–Kier alpha value is -3.68. The van der Waals surface area contributed by atoms with Gasteiger partial charge in [0.05, 0.1) is 36.0 Å². The molecule has 13 nitrogen and oxygen atoms in total. The summed E-state index contributed by atoms with van der Waals surface area (Å²) in [5.41, 5.74) is 0.239. The predicted octanol–water partition coefficient (Wildman–Crippen LogP) is 1.91. The number of carbonyl (C=O) groups is 3. The summed E-state index contributed by atoms with van der Waals surface area (Å²) in [5, 5.41) is 21.4. The molecule has 2 saturated heterocycles. The molecule has 0 radical (unpaired) electrons. The van der Waals surface area contributed by atoms with Crippen molar-refractivity contribution in [3.05, 3.63) is 51.8 Å². The molecular formula is C21H24N6O7S. The summed E-state index contributed by atoms with van der Waals surface area (Å²) >= 11 is 1.25. The maximum absolute atomic E-state index is 13.3. The second-order valence-corrected chi connectivity index (χ2v) is 10.5. The van der Waals surface area contributed by atoms with Crippen molar-refractivity contribution in [3.8, 4) is 0 Å². The number of carbonyl (C=O) groups excluding carboxylic acids is 3. The van der Waals surface area contributed by atoms with E-state index in [1.807, 2.05) is 0 Å². The van der Waals surface area contributed by atoms with E-state index >= 15 is 0 Å². The Morgan fingerprint density at radius 3 is 2.63 bits per heavy atom. The highest BCUT2D eigenvalue weighted by Gasteiger charge is 2.59. The van der Waals surface area contributed by atoms with Crippen molar-refractivity contribution in [1.29, 1.82) is 0 Å². The summed E-state index contributed by atoms with van der Waals surface area (Å²) in [6.07, 6.45) is 1.21. The first-order valence-corrected chi connectivity index (χ1v) is 11.6. The van der Waals surface area contributed by atoms with Crippen LogP contribution in [-0.4, -0.2) is 60.3 Å². The topological polar surface area (TPSA) is 159 Å². The summed E-state index contributed by atoms with van der Waals surface area (Å²) in [6, 6.07) is 5.67. The molecule has 0 bridgehead atoms. The number of alkyl carbamates (subject to hydrolysis) is 1. The maximum atomic E-state index is 13.3. The third kappa shape index (κ3) is 5.21. The lowest BCUT2D eigenvalue weighted by Crippen LogP contribution is -2.50. The van der Waals surface area contributed by atoms with Crippen LogP contribution < -0.4 is 5.32 Å². The van der Waals surface area contributed by atoms with Crippen LogP contribution in [0, 0.1) is 10.1 Å². The van der Waals surface area contributed by atoms with Gasteiger partial charge in [-0.2, -0.15) is 0 Å². The number of non-ortho nitro benzene ring substituents is 1. The van der Waals surface area contributed by atoms with Crippen LogP contribution in [0.2, 0.25) is 0 Å². The molecule has 2 atom stereocenters. The highest BCUT2D eigenvalue weighted by atomic mass is 32.2. The molecule has 2 aliphatic rings. The molecular weight excluding hydrogens is 480 g/mol. The Labute approximate surface area is 204 Å². The van der Waals surface area contributed by atoms with Gasteiger partial charge in [-0.3, -0.25) is 14.9 Å². The smallest absolute Gasteiger partial charge is 0.407 e. The van der Waals surface area contributed by atoms with Crippen molar-refractivity contribution in [2.75, 3.05) is 6.54 Å². The molecule has 35 heavy (non-hydrogen) atoms. The monoisotopic (exact) mass is 504 g/mol. The number of aromatic nitrogens is 3. The number of hydrogen-bond acceptors (Lipinski definition) is 10. The van der Waals surface area contributed by atoms with E-state index in [0.717, 1.165) is 0 Å². The van der Waals surface area contributed by atoms with Gasteiger partial charge < -0.3 is 19.7 Å². The summed E-state index contributed by atoms with van der Waals surface area (Å²) in [5.74, 6) is -0.695. The Balaban J connectivity index is 1.47. The van der Waals surface area contributed by atoms with E-state index in [9.17, 15) is 24.5 Å². The maximum Gasteiger partial charge on any atom is 0.407 e. The normalized spacial score (nSPS) is 21.2. The number of nitro benzene ring substituents is 1. The van der Waals surface area contributed by atoms with Crippen LogP contribution in [-0.2, 0) is 37.1 Å². The fourth-order valence-electron chi connectivity index (χ4n) is 3.55. The van der Waals surface area contributed by atoms with Crippen LogP contribution in [0.4, 0.5) is 10.5 Å². The highest BCUT2D eigenvalue weighted by molar-refractivity contribution is 8.01. The molecule has 2 aromatic rings. The molecule has 1 N–H and O–H groups in total. The molecule has 2 amide bonds. The molecule has 0 saturated carbocycles. The summed E-state index contributed by atoms with van der Waals surface area (Å²) in [4.78, 5) is 47.8. The van der Waals surface area contributed by atoms with Crippen molar-refractivity contribution in [1.82, 2.24) is 25.2 Å². The molecule has 1 aromatic carbocycles. The second kappa shape index (κ2) is 9.17. The lowest BCUT2D eigenvalue weighted by Gasteiger charge is -2.32. The van der Waals surface area contributed by atoms with Gasteiger partial charge in [-0.15, -0.1) is 5.10 Å². The number of benzene rings is 1. The molecule has 2 unspecified atom stereocenters. The first kappa shape index (κ1) is 24.4. The molecule has 14 heteroatoms. The Morgan fingerprint density at radius 1 is 1.31 bits per heavy atom. The zero-order valence-corrected chi connectivity index (χ0v) is 20.1. The van der Waals surface area contributed by atoms with Crippen molar-refractivity contribution in [2.45, 2.75) is 56.2 Å². The van der Waals surface area contributed by atoms with Gasteiger partial charge in [-0.25, -0.2) is 14.3 Å². The summed E-state index contributed by atoms with van der Waals surface area (Å²) < 4.78 is 12.1. The fourth-order valence-corrected chi connectivity index (χ4v) is 5.12. The molecule has 2 fully saturated rings. The molecule has 0 spiro atoms. The number of nitrogens with one attached hydrogen (secondary N) is 1. The Morgan fingerprint density at radius 2 is 2.03 bits per heavy atom. The lowest BCUT2D eigenvalue weighted by atomic mass is 10.1. The van der Waals surface area contributed by atoms with Gasteiger partial charge in [0, 0.05) is 12.1 Å². The van der Waals surface area contributed by atoms with Crippen molar-refractivity contribution >= 4 is 35.4 Å². The van der Waals surface area contributed by atoms with E-state index in [0.29, 0.717) is 17.7 Å². The zero-order valence-electron chi connectivity index (χ0n) is 19.3. The van der Waals surface area contributed by atoms with Crippen LogP contribution in [0.3, 0.4) is 0 Å². The van der Waals surface area contributed by atoms with Crippen LogP contribution >= 0.6 is 11.8 Å². The van der Waals surface area contributed by atoms with Gasteiger partial charge in [0.1, 0.15) is 17.9 Å². The number of hydrogen-bond donors (Lipinski definition) is 1. The number of nitrogens with zero attached hydrogens (tertiary/aromatic N) is 5. The number of β-lactam (4-membered cyclic amide) rings is 1. The predicted molar refractivity (Wildman–Crippen MR) is 122 cm³/mol. The SMILES string of the molecule is CC(C)(C)OC(=O)NCc1cn(C2(C(=O)OCc3ccc([N+](=O)[O-])cc3)CN3C(=O)CC3S2)nn1. The van der Waals surface area contributed by atoms with E-state index < -0.39 is 27.5 Å². The quantitative estimate of drug-likeness (QED) is 0.255. The third-order valence-electron chi connectivity index (χ3n) is 5.29. The van der Waals surface area contributed by atoms with Crippen molar-refractivity contribution < 1.29 is 28.8 Å². The van der Waals surface area contributed by atoms with Gasteiger partial charge in [-0.05, 0) is 38.5 Å². The molecule has 2 aliphatic heterocycles. The van der Waals surface area contributed by atoms with Crippen LogP contribution in [0.15, 0.2) is 30.5 Å². The minimum absolute atomic E-state index is 0.0274. The molecule has 0 aliphatic carbocycles. The number of fused-ring (bicyclic) bond motifs is 1. The average molecular weight is 505 g/mol. The van der Waals surface area contributed by atoms with Crippen LogP contribution in [0.5, 0.6) is 0 Å². The van der Waals surface area contributed by atoms with Gasteiger partial charge in [-0.1, -0.05) is 17.0 Å². The first-order chi connectivity index (χ1) is 16.5. The molecule has 4 rings (SSSR count). The number of nitro groups is 1. The van der Waals surface area contributed by atoms with E-state index in [-0.39, 0.29) is 36.7 Å². The second-order valence-electron chi connectivity index (χ2n) is 9.09. The summed E-state index contributed by atoms with van der Waals surface area (Å²) in [7, 11) is 0. The van der Waals surface area contributed by atoms with Crippen LogP contribution in [0.25, 0.3) is 0 Å². The van der Waals surface area contributed by atoms with Crippen LogP contribution in [0.1, 0.15) is 38.4 Å². The minimum Gasteiger partial charge on any atom is -0.458 e. The standard InChI is InChI=1S/C21H24N6O7S/c1-20(2,3)34-19(30)22-9-14-10-26(24-23-14)21(12-25-16(28)8-17(25)35-21)18(29)33-11-13-4-6-15(7-5-13)27(31)32/h4-7,10,17H,8-9,11-12H2,1-3H3,(H,22,30). The van der Waals surface area contributed by atoms with Gasteiger partial charge in [0.25, 0.3) is 5.69 Å². The van der Waals surface area contributed by atoms with Crippen molar-refractivity contribution in [2.24, 2.45) is 0 Å². The average Bonchev–Trinajstić information content (AvgIpc) is 3.38. The lowest BCUT2D eigenvalue weighted by molar-refractivity contribution is -0.384. The van der Waals surface area contributed by atoms with E-state index in [2.05, 4.69) is 15.6 Å².